The Morgan fingerprint density at radius 1 is 1.53 bits per heavy atom. The van der Waals surface area contributed by atoms with Gasteiger partial charge in [0.15, 0.2) is 0 Å². The summed E-state index contributed by atoms with van der Waals surface area (Å²) in [5.41, 5.74) is 0. The first-order valence-electron chi connectivity index (χ1n) is 7.49. The van der Waals surface area contributed by atoms with Crippen molar-refractivity contribution in [3.05, 3.63) is 18.2 Å². The van der Waals surface area contributed by atoms with Gasteiger partial charge in [0.05, 0.1) is 0 Å². The number of likely N-dealkylation sites (tertiary alicyclic amines) is 1. The average Bonchev–Trinajstić information content (AvgIpc) is 2.84. The van der Waals surface area contributed by atoms with E-state index in [1.54, 1.807) is 6.20 Å². The molecule has 2 rings (SSSR count). The van der Waals surface area contributed by atoms with E-state index in [-0.39, 0.29) is 0 Å². The van der Waals surface area contributed by atoms with E-state index < -0.39 is 6.10 Å². The second-order valence-electron chi connectivity index (χ2n) is 6.02. The van der Waals surface area contributed by atoms with Gasteiger partial charge >= 0.3 is 0 Å². The second-order valence-corrected chi connectivity index (χ2v) is 6.02. The van der Waals surface area contributed by atoms with E-state index in [0.717, 1.165) is 31.3 Å². The molecule has 0 bridgehead atoms. The van der Waals surface area contributed by atoms with Crippen LogP contribution in [-0.2, 0) is 7.05 Å². The lowest BCUT2D eigenvalue weighted by molar-refractivity contribution is 0.0385. The van der Waals surface area contributed by atoms with Gasteiger partial charge in [0.25, 0.3) is 0 Å². The van der Waals surface area contributed by atoms with Crippen molar-refractivity contribution in [2.45, 2.75) is 39.2 Å². The predicted molar refractivity (Wildman–Crippen MR) is 76.8 cm³/mol. The maximum Gasteiger partial charge on any atom is 0.137 e. The summed E-state index contributed by atoms with van der Waals surface area (Å²) in [6.45, 7) is 7.88. The fourth-order valence-electron chi connectivity index (χ4n) is 2.96. The number of aryl methyl sites for hydroxylation is 1. The van der Waals surface area contributed by atoms with E-state index in [1.165, 1.54) is 19.4 Å². The number of hydrogen-bond acceptors (Lipinski definition) is 3. The molecule has 3 unspecified atom stereocenters. The number of hydrogen-bond donors (Lipinski definition) is 1. The monoisotopic (exact) mass is 265 g/mol. The van der Waals surface area contributed by atoms with Crippen LogP contribution in [0.3, 0.4) is 0 Å². The van der Waals surface area contributed by atoms with E-state index >= 15 is 0 Å². The molecule has 0 saturated carbocycles. The minimum absolute atomic E-state index is 0.318. The molecule has 1 aromatic heterocycles. The van der Waals surface area contributed by atoms with E-state index in [2.05, 4.69) is 23.7 Å². The molecule has 0 radical (unpaired) electrons. The zero-order valence-corrected chi connectivity index (χ0v) is 12.4. The summed E-state index contributed by atoms with van der Waals surface area (Å²) in [4.78, 5) is 6.80. The summed E-state index contributed by atoms with van der Waals surface area (Å²) in [5, 5.41) is 10.5. The predicted octanol–water partition coefficient (Wildman–Crippen LogP) is 2.21. The first kappa shape index (κ1) is 14.5. The van der Waals surface area contributed by atoms with Crippen LogP contribution in [0.15, 0.2) is 12.4 Å². The van der Waals surface area contributed by atoms with Crippen molar-refractivity contribution < 1.29 is 5.11 Å². The molecule has 4 nitrogen and oxygen atoms in total. The van der Waals surface area contributed by atoms with Crippen LogP contribution in [0.4, 0.5) is 0 Å². The molecular formula is C15H27N3O. The van der Waals surface area contributed by atoms with Crippen LogP contribution < -0.4 is 0 Å². The van der Waals surface area contributed by atoms with Crippen LogP contribution in [0.5, 0.6) is 0 Å². The average molecular weight is 265 g/mol. The number of aromatic nitrogens is 2. The van der Waals surface area contributed by atoms with E-state index in [9.17, 15) is 5.11 Å². The quantitative estimate of drug-likeness (QED) is 0.887. The summed E-state index contributed by atoms with van der Waals surface area (Å²) < 4.78 is 1.93. The molecule has 2 heterocycles. The highest BCUT2D eigenvalue weighted by atomic mass is 16.3. The molecule has 4 heteroatoms. The highest BCUT2D eigenvalue weighted by Crippen LogP contribution is 2.29. The third kappa shape index (κ3) is 3.57. The van der Waals surface area contributed by atoms with Gasteiger partial charge in [0.2, 0.25) is 0 Å². The summed E-state index contributed by atoms with van der Waals surface area (Å²) in [6, 6.07) is 0. The Kier molecular flexibility index (Phi) is 4.99. The van der Waals surface area contributed by atoms with Crippen molar-refractivity contribution in [3.8, 4) is 0 Å². The van der Waals surface area contributed by atoms with Crippen molar-refractivity contribution in [1.29, 1.82) is 0 Å². The maximum atomic E-state index is 10.5. The Labute approximate surface area is 116 Å². The van der Waals surface area contributed by atoms with E-state index in [0.29, 0.717) is 5.92 Å². The maximum absolute atomic E-state index is 10.5. The Bertz CT molecular complexity index is 390. The number of piperidine rings is 1. The van der Waals surface area contributed by atoms with Gasteiger partial charge in [0, 0.05) is 38.4 Å². The topological polar surface area (TPSA) is 41.3 Å². The van der Waals surface area contributed by atoms with E-state index in [1.807, 2.05) is 17.8 Å². The second kappa shape index (κ2) is 6.53. The van der Waals surface area contributed by atoms with Gasteiger partial charge in [-0.05, 0) is 25.3 Å². The van der Waals surface area contributed by atoms with Gasteiger partial charge in [-0.1, -0.05) is 20.3 Å². The molecule has 3 atom stereocenters. The van der Waals surface area contributed by atoms with Crippen molar-refractivity contribution in [2.24, 2.45) is 18.9 Å². The lowest BCUT2D eigenvalue weighted by Crippen LogP contribution is -2.40. The van der Waals surface area contributed by atoms with Crippen LogP contribution in [0, 0.1) is 11.8 Å². The SMILES string of the molecule is CCC(C)CN1CCCC(C(O)c2nccn2C)C1. The molecule has 1 saturated heterocycles. The number of nitrogens with zero attached hydrogens (tertiary/aromatic N) is 3. The van der Waals surface area contributed by atoms with E-state index in [4.69, 9.17) is 0 Å². The van der Waals surface area contributed by atoms with Crippen molar-refractivity contribution in [2.75, 3.05) is 19.6 Å². The van der Waals surface area contributed by atoms with Crippen LogP contribution in [-0.4, -0.2) is 39.2 Å². The third-order valence-corrected chi connectivity index (χ3v) is 4.38. The summed E-state index contributed by atoms with van der Waals surface area (Å²) in [5.74, 6) is 1.86. The Hall–Kier alpha value is -0.870. The molecule has 0 aliphatic carbocycles. The molecule has 1 aliphatic rings. The molecule has 1 fully saturated rings. The molecule has 19 heavy (non-hydrogen) atoms. The van der Waals surface area contributed by atoms with Gasteiger partial charge in [-0.15, -0.1) is 0 Å². The molecule has 0 aromatic carbocycles. The number of imidazole rings is 1. The van der Waals surface area contributed by atoms with Gasteiger partial charge in [-0.2, -0.15) is 0 Å². The summed E-state index contributed by atoms with van der Waals surface area (Å²) >= 11 is 0. The number of aliphatic hydroxyl groups is 1. The fraction of sp³-hybridized carbons (Fsp3) is 0.800. The highest BCUT2D eigenvalue weighted by Gasteiger charge is 2.29. The van der Waals surface area contributed by atoms with Crippen LogP contribution in [0.25, 0.3) is 0 Å². The van der Waals surface area contributed by atoms with Crippen LogP contribution in [0.2, 0.25) is 0 Å². The Morgan fingerprint density at radius 2 is 2.32 bits per heavy atom. The molecule has 0 spiro atoms. The lowest BCUT2D eigenvalue weighted by Gasteiger charge is -2.36. The summed E-state index contributed by atoms with van der Waals surface area (Å²) in [6.07, 6.45) is 6.74. The zero-order valence-electron chi connectivity index (χ0n) is 12.4. The van der Waals surface area contributed by atoms with Crippen molar-refractivity contribution >= 4 is 0 Å². The Balaban J connectivity index is 1.95. The lowest BCUT2D eigenvalue weighted by atomic mass is 9.91. The first-order valence-corrected chi connectivity index (χ1v) is 7.49. The van der Waals surface area contributed by atoms with Crippen LogP contribution >= 0.6 is 0 Å². The number of rotatable bonds is 5. The molecule has 1 aromatic rings. The van der Waals surface area contributed by atoms with Gasteiger partial charge < -0.3 is 14.6 Å². The molecule has 108 valence electrons. The van der Waals surface area contributed by atoms with Crippen molar-refractivity contribution in [1.82, 2.24) is 14.5 Å². The minimum atomic E-state index is -0.431. The normalized spacial score (nSPS) is 24.3. The first-order chi connectivity index (χ1) is 9.11. The van der Waals surface area contributed by atoms with Crippen LogP contribution in [0.1, 0.15) is 45.0 Å². The van der Waals surface area contributed by atoms with Gasteiger partial charge in [0.1, 0.15) is 11.9 Å². The van der Waals surface area contributed by atoms with Gasteiger partial charge in [-0.3, -0.25) is 0 Å². The Morgan fingerprint density at radius 3 is 2.95 bits per heavy atom. The van der Waals surface area contributed by atoms with Gasteiger partial charge in [-0.25, -0.2) is 4.98 Å². The minimum Gasteiger partial charge on any atom is -0.385 e. The molecule has 1 aliphatic heterocycles. The van der Waals surface area contributed by atoms with Crippen molar-refractivity contribution in [3.63, 3.8) is 0 Å². The molecule has 0 amide bonds. The molecular weight excluding hydrogens is 238 g/mol. The summed E-state index contributed by atoms with van der Waals surface area (Å²) in [7, 11) is 1.95. The zero-order chi connectivity index (χ0) is 13.8. The fourth-order valence-corrected chi connectivity index (χ4v) is 2.96. The highest BCUT2D eigenvalue weighted by molar-refractivity contribution is 4.98. The largest absolute Gasteiger partial charge is 0.385 e. The third-order valence-electron chi connectivity index (χ3n) is 4.38. The number of aliphatic hydroxyl groups excluding tert-OH is 1. The molecule has 1 N–H and O–H groups in total. The smallest absolute Gasteiger partial charge is 0.137 e. The standard InChI is InChI=1S/C15H27N3O/c1-4-12(2)10-18-8-5-6-13(11-18)14(19)15-16-7-9-17(15)3/h7,9,12-14,19H,4-6,8,10-11H2,1-3H3.